The number of furan rings is 2. The van der Waals surface area contributed by atoms with E-state index in [2.05, 4.69) is 43.9 Å². The lowest BCUT2D eigenvalue weighted by Gasteiger charge is -2.45. The number of urea groups is 1. The molecule has 4 aliphatic heterocycles. The Morgan fingerprint density at radius 2 is 1.17 bits per heavy atom. The molecule has 121 heavy (non-hydrogen) atoms. The Kier molecular flexibility index (Phi) is 33.1. The van der Waals surface area contributed by atoms with Crippen LogP contribution < -0.4 is 41.6 Å². The fourth-order valence-electron chi connectivity index (χ4n) is 15.6. The van der Waals surface area contributed by atoms with Crippen molar-refractivity contribution < 1.29 is 90.4 Å². The number of thioether (sulfide) groups is 1. The predicted octanol–water partition coefficient (Wildman–Crippen LogP) is 14.5. The molecule has 654 valence electrons. The number of benzene rings is 4. The zero-order valence-corrected chi connectivity index (χ0v) is 72.6. The summed E-state index contributed by atoms with van der Waals surface area (Å²) in [5.41, 5.74) is 13.2. The molecule has 2 aliphatic carbocycles. The molecule has 9 heterocycles. The second kappa shape index (κ2) is 43.2. The topological polar surface area (TPSA) is 388 Å². The van der Waals surface area contributed by atoms with E-state index in [0.29, 0.717) is 81.3 Å². The number of hydrogen-bond acceptors (Lipinski definition) is 23. The third-order valence-electron chi connectivity index (χ3n) is 22.8. The van der Waals surface area contributed by atoms with Crippen LogP contribution in [0.1, 0.15) is 187 Å². The van der Waals surface area contributed by atoms with Crippen molar-refractivity contribution in [3.05, 3.63) is 160 Å². The zero-order valence-electron chi connectivity index (χ0n) is 71.8. The lowest BCUT2D eigenvalue weighted by molar-refractivity contribution is -0.141. The number of imide groups is 1. The maximum Gasteiger partial charge on any atom is 0.351 e. The molecule has 6 fully saturated rings. The fourth-order valence-corrected chi connectivity index (χ4v) is 16.5. The molecule has 0 spiro atoms. The van der Waals surface area contributed by atoms with Crippen molar-refractivity contribution >= 4 is 75.3 Å². The van der Waals surface area contributed by atoms with Gasteiger partial charge in [-0.25, -0.2) is 29.1 Å². The second-order valence-corrected chi connectivity index (χ2v) is 32.5. The summed E-state index contributed by atoms with van der Waals surface area (Å²) < 4.78 is 64.3. The first-order chi connectivity index (χ1) is 58.1. The maximum atomic E-state index is 13.2. The van der Waals surface area contributed by atoms with Crippen LogP contribution >= 0.6 is 11.8 Å². The number of aliphatic carboxylic acids is 2. The van der Waals surface area contributed by atoms with Crippen LogP contribution in [0.25, 0.3) is 44.8 Å². The lowest BCUT2D eigenvalue weighted by atomic mass is 9.81. The number of fused-ring (bicyclic) bond motifs is 2. The number of carbonyl (C=O) groups is 6. The Morgan fingerprint density at radius 3 is 1.62 bits per heavy atom. The first-order valence-corrected chi connectivity index (χ1v) is 42.3. The van der Waals surface area contributed by atoms with E-state index in [1.165, 1.54) is 69.1 Å². The number of ether oxygens (including phenoxy) is 9. The summed E-state index contributed by atoms with van der Waals surface area (Å²) >= 11 is 1.50. The van der Waals surface area contributed by atoms with E-state index in [-0.39, 0.29) is 67.1 Å². The molecule has 0 radical (unpaired) electrons. The number of anilines is 1. The van der Waals surface area contributed by atoms with Gasteiger partial charge in [-0.15, -0.1) is 0 Å². The van der Waals surface area contributed by atoms with Crippen molar-refractivity contribution in [2.45, 2.75) is 213 Å². The average molecular weight is 1690 g/mol. The van der Waals surface area contributed by atoms with Crippen LogP contribution in [0.5, 0.6) is 17.2 Å². The van der Waals surface area contributed by atoms with Crippen molar-refractivity contribution in [3.63, 3.8) is 0 Å². The van der Waals surface area contributed by atoms with E-state index < -0.39 is 46.9 Å². The molecule has 32 heteroatoms. The smallest absolute Gasteiger partial charge is 0.351 e. The normalized spacial score (nSPS) is 21.2. The third-order valence-corrected chi connectivity index (χ3v) is 23.8. The molecular formula is C89H117N11O20S. The Morgan fingerprint density at radius 1 is 0.636 bits per heavy atom. The first-order valence-electron chi connectivity index (χ1n) is 41.2. The molecule has 2 saturated carbocycles. The maximum absolute atomic E-state index is 13.2. The van der Waals surface area contributed by atoms with Crippen molar-refractivity contribution in [3.8, 4) is 40.0 Å². The Bertz CT molecular complexity index is 5020. The van der Waals surface area contributed by atoms with Gasteiger partial charge >= 0.3 is 23.7 Å². The van der Waals surface area contributed by atoms with Gasteiger partial charge in [-0.3, -0.25) is 29.2 Å². The number of nitrogens with zero attached hydrogens (tertiary/aromatic N) is 7. The number of carboxylic acids is 2. The monoisotopic (exact) mass is 1690 g/mol. The van der Waals surface area contributed by atoms with Gasteiger partial charge in [0.2, 0.25) is 11.5 Å². The minimum atomic E-state index is -1.13. The van der Waals surface area contributed by atoms with Crippen LogP contribution in [0.2, 0.25) is 0 Å². The summed E-state index contributed by atoms with van der Waals surface area (Å²) in [6, 6.07) is 23.1. The third kappa shape index (κ3) is 23.0. The molecule has 10 unspecified atom stereocenters. The van der Waals surface area contributed by atoms with Gasteiger partial charge in [0.05, 0.1) is 91.8 Å². The van der Waals surface area contributed by atoms with Crippen LogP contribution in [-0.2, 0) is 55.6 Å². The molecule has 10 atom stereocenters. The van der Waals surface area contributed by atoms with E-state index in [4.69, 9.17) is 67.2 Å². The number of carboxylic acid groups (broad SMARTS) is 2. The number of rotatable bonds is 23. The highest BCUT2D eigenvalue weighted by molar-refractivity contribution is 7.99. The van der Waals surface area contributed by atoms with Crippen molar-refractivity contribution in [1.29, 1.82) is 0 Å². The summed E-state index contributed by atoms with van der Waals surface area (Å²) in [7, 11) is 9.51. The van der Waals surface area contributed by atoms with Gasteiger partial charge in [-0.05, 0) is 162 Å². The van der Waals surface area contributed by atoms with Crippen LogP contribution in [-0.4, -0.2) is 183 Å². The van der Waals surface area contributed by atoms with Crippen LogP contribution in [0, 0.1) is 31.1 Å². The highest BCUT2D eigenvalue weighted by Crippen LogP contribution is 2.41. The fraction of sp³-hybridized carbons (Fsp3) is 0.506. The zero-order chi connectivity index (χ0) is 87.4. The van der Waals surface area contributed by atoms with E-state index in [1.54, 1.807) is 120 Å². The molecule has 31 nitrogen and oxygen atoms in total. The molecular weight excluding hydrogens is 1580 g/mol. The number of hydrogen-bond donors (Lipinski definition) is 6. The van der Waals surface area contributed by atoms with Gasteiger partial charge < -0.3 is 87.2 Å². The van der Waals surface area contributed by atoms with Gasteiger partial charge in [0.25, 0.3) is 11.8 Å². The molecule has 15 rings (SSSR count). The van der Waals surface area contributed by atoms with Crippen molar-refractivity contribution in [2.75, 3.05) is 67.4 Å². The summed E-state index contributed by atoms with van der Waals surface area (Å²) in [6.07, 6.45) is 21.3. The van der Waals surface area contributed by atoms with Crippen LogP contribution in [0.15, 0.2) is 130 Å². The molecule has 9 aromatic rings. The van der Waals surface area contributed by atoms with Gasteiger partial charge in [-0.2, -0.15) is 4.98 Å². The second-order valence-electron chi connectivity index (χ2n) is 31.4. The largest absolute Gasteiger partial charge is 0.496 e. The molecule has 0 bridgehead atoms. The van der Waals surface area contributed by atoms with Gasteiger partial charge in [-0.1, -0.05) is 96.2 Å². The predicted molar refractivity (Wildman–Crippen MR) is 457 cm³/mol. The standard InChI is InChI=1S/C29H31N3O6.C29H31N3O5.C14H24N2O4.C9H13N3O3S.C6H12O2.C2H6/c1-36-25-11-8-18(15-26(25)37-2)14-23(29(34)35)31-28(33)19-9-10-24-22(16-19)30-27(20-12-13-38-17-20)32(24)21-6-4-3-5-7-21;1-18-8-9-19(15-26(18)36-2)14-24(29(34)35)31-28(33)20-10-11-25-23(16-20)30-27(21-12-13-37-17-21)32(25)22-6-4-3-5-7-22;1-8-6-11(20-10(8)7-19-5)16-9(2)14(3,4)12(17)15-13(16)18;1-5-3-12(8(13)11-7(5)10)6-4-16-9(14-2)15-6;1-5-3-6(7-2)8-4-5;1-2/h8-13,15-17,21,23H,3-7,14H2,1-2H3,(H,31,33)(H,34,35);8-13,15-17,22,24H,3-7,14H2,1-2H3,(H,31,33)(H,34,35);8-11H,6-7H2,1-5H3,(H,15,17,18);3,6,9H,4H2,1-2H3,(H2,10,11,13);5-6H,3-4H2,1-2H3;1-2H3. The molecule has 4 aromatic carbocycles. The van der Waals surface area contributed by atoms with Crippen molar-refractivity contribution in [2.24, 2.45) is 17.3 Å². The molecule has 6 aliphatic rings. The summed E-state index contributed by atoms with van der Waals surface area (Å²) in [5, 5.41) is 27.4. The Labute approximate surface area is 709 Å². The number of nitrogens with two attached hydrogens (primary N) is 1. The quantitative estimate of drug-likeness (QED) is 0.0346. The number of imidazole rings is 2. The average Bonchev–Trinajstić information content (AvgIpc) is 1.72. The first kappa shape index (κ1) is 92.7. The Hall–Kier alpha value is -10.6. The Balaban J connectivity index is 0.000000171. The van der Waals surface area contributed by atoms with Gasteiger partial charge in [0.1, 0.15) is 54.1 Å². The highest BCUT2D eigenvalue weighted by atomic mass is 32.2. The molecule has 4 saturated heterocycles. The minimum absolute atomic E-state index is 0.00857. The van der Waals surface area contributed by atoms with Gasteiger partial charge in [0.15, 0.2) is 24.0 Å². The van der Waals surface area contributed by atoms with Crippen LogP contribution in [0.4, 0.5) is 10.6 Å². The van der Waals surface area contributed by atoms with E-state index in [1.807, 2.05) is 77.9 Å². The number of aromatic nitrogens is 6. The van der Waals surface area contributed by atoms with E-state index in [0.717, 1.165) is 95.6 Å². The SMILES string of the molecule is CC.COC1CC(C)CO1.COC1OC(n2cc(C)c(N)nc2=O)CS1.COCC1OC(N2C(=O)NC(=O)C(C)(C)C2C)CC1C.COc1cc(CC(NC(=O)c2ccc3c(c2)nc(-c2ccoc2)n3C2CCCCC2)C(=O)O)ccc1C.COc1ccc(CC(NC(=O)c2ccc3c(c2)nc(-c2ccoc2)n3C2CCCCC2)C(=O)O)cc1OC. The van der Waals surface area contributed by atoms with E-state index in [9.17, 15) is 43.8 Å². The molecule has 5 aromatic heterocycles. The number of carbonyl (C=O) groups excluding carboxylic acids is 4. The molecule has 7 N–H and O–H groups in total. The molecule has 5 amide bonds. The number of methoxy groups -OCH3 is 6. The number of nitrogen functional groups attached to an aromatic ring is 1. The van der Waals surface area contributed by atoms with E-state index >= 15 is 0 Å². The summed E-state index contributed by atoms with van der Waals surface area (Å²) in [4.78, 5) is 101. The number of nitrogens with one attached hydrogen (secondary N) is 3. The number of amides is 5. The highest BCUT2D eigenvalue weighted by Gasteiger charge is 2.50. The van der Waals surface area contributed by atoms with Crippen LogP contribution in [0.3, 0.4) is 0 Å². The minimum Gasteiger partial charge on any atom is -0.496 e. The number of aryl methyl sites for hydroxylation is 2. The van der Waals surface area contributed by atoms with Gasteiger partial charge in [0, 0.05) is 87.4 Å². The summed E-state index contributed by atoms with van der Waals surface area (Å²) in [6.45, 7) is 18.9. The summed E-state index contributed by atoms with van der Waals surface area (Å²) in [5.74, 6) is 1.89. The van der Waals surface area contributed by atoms with Crippen molar-refractivity contribution in [1.82, 2.24) is 49.5 Å². The lowest BCUT2D eigenvalue weighted by Crippen LogP contribution is -2.65.